The number of hydrogen-bond donors (Lipinski definition) is 3. The van der Waals surface area contributed by atoms with Crippen LogP contribution in [-0.2, 0) is 16.1 Å². The van der Waals surface area contributed by atoms with Crippen LogP contribution in [0.5, 0.6) is 0 Å². The van der Waals surface area contributed by atoms with Crippen molar-refractivity contribution < 1.29 is 24.6 Å². The predicted molar refractivity (Wildman–Crippen MR) is 108 cm³/mol. The zero-order valence-electron chi connectivity index (χ0n) is 16.8. The predicted octanol–water partition coefficient (Wildman–Crippen LogP) is 0.550. The number of rotatable bonds is 2. The van der Waals surface area contributed by atoms with E-state index in [2.05, 4.69) is 10.2 Å². The summed E-state index contributed by atoms with van der Waals surface area (Å²) in [6.07, 6.45) is 2.55. The van der Waals surface area contributed by atoms with E-state index in [-0.39, 0.29) is 23.7 Å². The lowest BCUT2D eigenvalue weighted by Gasteiger charge is -2.44. The summed E-state index contributed by atoms with van der Waals surface area (Å²) in [7, 11) is 0. The SMILES string of the molecule is O=C1CCC(N2Cc3cc(N4CCC5(CC4)C(O)CCC5O)ccc3C2=O)C(=O)N1. The van der Waals surface area contributed by atoms with Crippen molar-refractivity contribution in [2.75, 3.05) is 18.0 Å². The number of imide groups is 1. The van der Waals surface area contributed by atoms with E-state index in [1.54, 1.807) is 4.90 Å². The molecule has 0 aromatic heterocycles. The first-order valence-corrected chi connectivity index (χ1v) is 10.8. The lowest BCUT2D eigenvalue weighted by Crippen LogP contribution is -2.52. The molecule has 1 saturated carbocycles. The molecule has 0 radical (unpaired) electrons. The minimum Gasteiger partial charge on any atom is -0.392 e. The number of hydrogen-bond acceptors (Lipinski definition) is 6. The number of piperidine rings is 2. The van der Waals surface area contributed by atoms with E-state index in [1.807, 2.05) is 18.2 Å². The average Bonchev–Trinajstić information content (AvgIpc) is 3.20. The van der Waals surface area contributed by atoms with Crippen molar-refractivity contribution >= 4 is 23.4 Å². The maximum absolute atomic E-state index is 12.8. The van der Waals surface area contributed by atoms with Crippen LogP contribution in [-0.4, -0.2) is 64.2 Å². The highest BCUT2D eigenvalue weighted by atomic mass is 16.3. The largest absolute Gasteiger partial charge is 0.392 e. The molecule has 3 N–H and O–H groups in total. The Morgan fingerprint density at radius 2 is 1.70 bits per heavy atom. The van der Waals surface area contributed by atoms with Crippen molar-refractivity contribution in [1.82, 2.24) is 10.2 Å². The van der Waals surface area contributed by atoms with Gasteiger partial charge in [0.1, 0.15) is 6.04 Å². The quantitative estimate of drug-likeness (QED) is 0.611. The number of nitrogens with one attached hydrogen (secondary N) is 1. The van der Waals surface area contributed by atoms with Crippen LogP contribution in [0.3, 0.4) is 0 Å². The number of nitrogens with zero attached hydrogens (tertiary/aromatic N) is 2. The average molecular weight is 413 g/mol. The zero-order chi connectivity index (χ0) is 21.0. The van der Waals surface area contributed by atoms with Gasteiger partial charge in [-0.2, -0.15) is 0 Å². The Bertz CT molecular complexity index is 896. The molecule has 3 atom stereocenters. The van der Waals surface area contributed by atoms with E-state index >= 15 is 0 Å². The van der Waals surface area contributed by atoms with Gasteiger partial charge in [0.25, 0.3) is 5.91 Å². The molecule has 4 aliphatic rings. The van der Waals surface area contributed by atoms with Crippen LogP contribution in [0.2, 0.25) is 0 Å². The summed E-state index contributed by atoms with van der Waals surface area (Å²) in [6, 6.07) is 5.16. The Hall–Kier alpha value is -2.45. The minimum absolute atomic E-state index is 0.166. The Kier molecular flexibility index (Phi) is 4.59. The van der Waals surface area contributed by atoms with Gasteiger partial charge in [-0.05, 0) is 55.9 Å². The van der Waals surface area contributed by atoms with Crippen molar-refractivity contribution in [3.63, 3.8) is 0 Å². The molecule has 8 nitrogen and oxygen atoms in total. The molecule has 160 valence electrons. The second-order valence-corrected chi connectivity index (χ2v) is 9.07. The summed E-state index contributed by atoms with van der Waals surface area (Å²) in [5.74, 6) is -0.855. The van der Waals surface area contributed by atoms with Crippen molar-refractivity contribution in [3.8, 4) is 0 Å². The van der Waals surface area contributed by atoms with Crippen LogP contribution in [0.4, 0.5) is 5.69 Å². The van der Waals surface area contributed by atoms with Gasteiger partial charge in [-0.15, -0.1) is 0 Å². The molecular weight excluding hydrogens is 386 g/mol. The summed E-state index contributed by atoms with van der Waals surface area (Å²) >= 11 is 0. The Morgan fingerprint density at radius 3 is 2.37 bits per heavy atom. The van der Waals surface area contributed by atoms with Crippen molar-refractivity contribution in [1.29, 1.82) is 0 Å². The van der Waals surface area contributed by atoms with Crippen molar-refractivity contribution in [2.24, 2.45) is 5.41 Å². The summed E-state index contributed by atoms with van der Waals surface area (Å²) < 4.78 is 0. The molecule has 3 amide bonds. The lowest BCUT2D eigenvalue weighted by molar-refractivity contribution is -0.136. The molecule has 1 aliphatic carbocycles. The van der Waals surface area contributed by atoms with E-state index in [0.717, 1.165) is 37.2 Å². The number of carbonyl (C=O) groups excluding carboxylic acids is 3. The molecule has 5 rings (SSSR count). The smallest absolute Gasteiger partial charge is 0.255 e. The molecule has 1 aromatic carbocycles. The molecule has 3 unspecified atom stereocenters. The maximum atomic E-state index is 12.8. The normalized spacial score (nSPS) is 30.7. The summed E-state index contributed by atoms with van der Waals surface area (Å²) in [5, 5.41) is 23.1. The highest BCUT2D eigenvalue weighted by molar-refractivity contribution is 6.05. The highest BCUT2D eigenvalue weighted by Gasteiger charge is 2.50. The standard InChI is InChI=1S/C22H27N3O5/c26-17-4-5-18(27)22(17)7-9-24(10-8-22)14-1-2-15-13(11-14)12-25(21(15)30)16-3-6-19(28)23-20(16)29/h1-2,11,16-18,26-27H,3-10,12H2,(H,23,28,29). The van der Waals surface area contributed by atoms with Crippen LogP contribution in [0.25, 0.3) is 0 Å². The molecule has 0 bridgehead atoms. The first kappa shape index (κ1) is 19.5. The molecule has 2 saturated heterocycles. The van der Waals surface area contributed by atoms with Crippen molar-refractivity contribution in [2.45, 2.75) is 63.3 Å². The third-order valence-corrected chi connectivity index (χ3v) is 7.61. The van der Waals surface area contributed by atoms with Gasteiger partial charge >= 0.3 is 0 Å². The Balaban J connectivity index is 1.31. The minimum atomic E-state index is -0.605. The fourth-order valence-corrected chi connectivity index (χ4v) is 5.72. The van der Waals surface area contributed by atoms with E-state index in [9.17, 15) is 24.6 Å². The van der Waals surface area contributed by atoms with Crippen LogP contribution in [0.15, 0.2) is 18.2 Å². The molecular formula is C22H27N3O5. The summed E-state index contributed by atoms with van der Waals surface area (Å²) in [5.41, 5.74) is 2.14. The van der Waals surface area contributed by atoms with Gasteiger partial charge in [0, 0.05) is 42.7 Å². The molecule has 3 heterocycles. The fourth-order valence-electron chi connectivity index (χ4n) is 5.72. The first-order valence-electron chi connectivity index (χ1n) is 10.8. The fraction of sp³-hybridized carbons (Fsp3) is 0.591. The third-order valence-electron chi connectivity index (χ3n) is 7.61. The van der Waals surface area contributed by atoms with Crippen LogP contribution >= 0.6 is 0 Å². The number of amides is 3. The van der Waals surface area contributed by atoms with Gasteiger partial charge in [0.15, 0.2) is 0 Å². The Morgan fingerprint density at radius 1 is 1.00 bits per heavy atom. The maximum Gasteiger partial charge on any atom is 0.255 e. The first-order chi connectivity index (χ1) is 14.4. The van der Waals surface area contributed by atoms with Gasteiger partial charge < -0.3 is 20.0 Å². The number of anilines is 1. The molecule has 3 aliphatic heterocycles. The zero-order valence-corrected chi connectivity index (χ0v) is 16.8. The molecule has 1 spiro atoms. The molecule has 30 heavy (non-hydrogen) atoms. The van der Waals surface area contributed by atoms with E-state index < -0.39 is 24.2 Å². The monoisotopic (exact) mass is 413 g/mol. The lowest BCUT2D eigenvalue weighted by atomic mass is 9.73. The summed E-state index contributed by atoms with van der Waals surface area (Å²) in [4.78, 5) is 40.3. The molecule has 1 aromatic rings. The van der Waals surface area contributed by atoms with Gasteiger partial charge in [-0.3, -0.25) is 19.7 Å². The number of aliphatic hydroxyl groups excluding tert-OH is 2. The van der Waals surface area contributed by atoms with E-state index in [0.29, 0.717) is 31.4 Å². The topological polar surface area (TPSA) is 110 Å². The molecule has 8 heteroatoms. The van der Waals surface area contributed by atoms with Gasteiger partial charge in [0.05, 0.1) is 12.2 Å². The number of benzene rings is 1. The van der Waals surface area contributed by atoms with Crippen molar-refractivity contribution in [3.05, 3.63) is 29.3 Å². The number of fused-ring (bicyclic) bond motifs is 1. The number of aliphatic hydroxyl groups is 2. The van der Waals surface area contributed by atoms with Gasteiger partial charge in [-0.1, -0.05) is 0 Å². The molecule has 3 fully saturated rings. The van der Waals surface area contributed by atoms with Crippen LogP contribution in [0.1, 0.15) is 54.4 Å². The second kappa shape index (κ2) is 7.06. The third kappa shape index (κ3) is 2.93. The second-order valence-electron chi connectivity index (χ2n) is 9.07. The van der Waals surface area contributed by atoms with E-state index in [1.165, 1.54) is 0 Å². The van der Waals surface area contributed by atoms with Gasteiger partial charge in [-0.25, -0.2) is 0 Å². The Labute approximate surface area is 174 Å². The van der Waals surface area contributed by atoms with E-state index in [4.69, 9.17) is 0 Å². The summed E-state index contributed by atoms with van der Waals surface area (Å²) in [6.45, 7) is 1.86. The van der Waals surface area contributed by atoms with Crippen LogP contribution < -0.4 is 10.2 Å². The van der Waals surface area contributed by atoms with Crippen LogP contribution in [0, 0.1) is 5.41 Å². The number of carbonyl (C=O) groups is 3. The highest BCUT2D eigenvalue weighted by Crippen LogP contribution is 2.47. The van der Waals surface area contributed by atoms with Gasteiger partial charge in [0.2, 0.25) is 11.8 Å².